The number of carbonyl (C=O) groups excluding carboxylic acids is 1. The lowest BCUT2D eigenvalue weighted by Crippen LogP contribution is -2.34. The summed E-state index contributed by atoms with van der Waals surface area (Å²) < 4.78 is 6.77. The van der Waals surface area contributed by atoms with E-state index in [4.69, 9.17) is 16.6 Å². The van der Waals surface area contributed by atoms with Crippen molar-refractivity contribution >= 4 is 56.0 Å². The van der Waals surface area contributed by atoms with Gasteiger partial charge in [-0.25, -0.2) is 4.98 Å². The van der Waals surface area contributed by atoms with Gasteiger partial charge in [0.05, 0.1) is 0 Å². The predicted molar refractivity (Wildman–Crippen MR) is 131 cm³/mol. The number of nitrogens with one attached hydrogen (secondary N) is 2. The molecule has 0 fully saturated rings. The lowest BCUT2D eigenvalue weighted by Gasteiger charge is -2.12. The molecule has 0 atom stereocenters. The second-order valence-corrected chi connectivity index (χ2v) is 8.45. The van der Waals surface area contributed by atoms with E-state index < -0.39 is 0 Å². The maximum Gasteiger partial charge on any atom is 0.257 e. The molecule has 0 bridgehead atoms. The summed E-state index contributed by atoms with van der Waals surface area (Å²) in [5.41, 5.74) is 5.89. The van der Waals surface area contributed by atoms with Crippen molar-refractivity contribution in [2.45, 2.75) is 20.3 Å². The molecule has 1 amide bonds. The Hall–Kier alpha value is -3.03. The number of fused-ring (bicyclic) bond motifs is 1. The van der Waals surface area contributed by atoms with Crippen LogP contribution in [0.15, 0.2) is 69.6 Å². The van der Waals surface area contributed by atoms with E-state index in [1.165, 1.54) is 5.56 Å². The summed E-state index contributed by atoms with van der Waals surface area (Å²) in [6, 6.07) is 19.0. The molecule has 7 heteroatoms. The van der Waals surface area contributed by atoms with Crippen LogP contribution in [0.25, 0.3) is 22.6 Å². The van der Waals surface area contributed by atoms with Crippen LogP contribution in [0.4, 0.5) is 5.69 Å². The van der Waals surface area contributed by atoms with Crippen LogP contribution >= 0.6 is 28.1 Å². The molecule has 0 spiro atoms. The van der Waals surface area contributed by atoms with E-state index in [0.717, 1.165) is 38.8 Å². The third kappa shape index (κ3) is 4.84. The zero-order valence-electron chi connectivity index (χ0n) is 17.0. The van der Waals surface area contributed by atoms with Gasteiger partial charge in [0, 0.05) is 21.3 Å². The van der Waals surface area contributed by atoms with E-state index in [1.807, 2.05) is 49.4 Å². The van der Waals surface area contributed by atoms with Gasteiger partial charge in [-0.1, -0.05) is 41.1 Å². The molecule has 1 heterocycles. The van der Waals surface area contributed by atoms with Crippen molar-refractivity contribution in [2.24, 2.45) is 0 Å². The van der Waals surface area contributed by atoms with Gasteiger partial charge in [-0.2, -0.15) is 0 Å². The third-order valence-electron chi connectivity index (χ3n) is 4.91. The number of halogens is 1. The molecule has 3 aromatic carbocycles. The Morgan fingerprint density at radius 2 is 1.97 bits per heavy atom. The number of aryl methyl sites for hydroxylation is 2. The minimum atomic E-state index is -0.279. The average Bonchev–Trinajstić information content (AvgIpc) is 3.18. The molecule has 0 unspecified atom stereocenters. The van der Waals surface area contributed by atoms with Gasteiger partial charge in [0.1, 0.15) is 5.52 Å². The molecule has 5 nitrogen and oxygen atoms in total. The largest absolute Gasteiger partial charge is 0.436 e. The maximum absolute atomic E-state index is 12.4. The first kappa shape index (κ1) is 21.2. The van der Waals surface area contributed by atoms with Crippen molar-refractivity contribution < 1.29 is 9.21 Å². The standard InChI is InChI=1S/C24H20BrN3O2S/c1-3-15-8-10-21-20(11-15)26-23(30-21)17-9-7-14(2)19(13-17)27-24(31)28-22(29)16-5-4-6-18(25)12-16/h4-13H,3H2,1-2H3,(H2,27,28,29,31). The SMILES string of the molecule is CCc1ccc2oc(-c3ccc(C)c(NC(=S)NC(=O)c4cccc(Br)c4)c3)nc2c1. The number of thiocarbonyl (C=S) groups is 1. The molecule has 0 saturated heterocycles. The number of carbonyl (C=O) groups is 1. The van der Waals surface area contributed by atoms with Crippen LogP contribution in [0, 0.1) is 6.92 Å². The fourth-order valence-corrected chi connectivity index (χ4v) is 3.77. The van der Waals surface area contributed by atoms with Crippen LogP contribution in [-0.2, 0) is 6.42 Å². The van der Waals surface area contributed by atoms with Crippen molar-refractivity contribution in [1.82, 2.24) is 10.3 Å². The zero-order valence-corrected chi connectivity index (χ0v) is 19.4. The van der Waals surface area contributed by atoms with Gasteiger partial charge in [0.25, 0.3) is 5.91 Å². The van der Waals surface area contributed by atoms with Crippen LogP contribution in [0.1, 0.15) is 28.4 Å². The Kier molecular flexibility index (Phi) is 6.15. The molecule has 156 valence electrons. The lowest BCUT2D eigenvalue weighted by atomic mass is 10.1. The van der Waals surface area contributed by atoms with E-state index in [9.17, 15) is 4.79 Å². The van der Waals surface area contributed by atoms with E-state index in [-0.39, 0.29) is 11.0 Å². The highest BCUT2D eigenvalue weighted by Gasteiger charge is 2.13. The van der Waals surface area contributed by atoms with Gasteiger partial charge in [0.15, 0.2) is 10.7 Å². The fraction of sp³-hybridized carbons (Fsp3) is 0.125. The molecule has 2 N–H and O–H groups in total. The first-order valence-corrected chi connectivity index (χ1v) is 11.0. The molecule has 0 aliphatic heterocycles. The van der Waals surface area contributed by atoms with Gasteiger partial charge in [-0.15, -0.1) is 0 Å². The number of anilines is 1. The normalized spacial score (nSPS) is 10.8. The molecule has 4 rings (SSSR count). The van der Waals surface area contributed by atoms with E-state index >= 15 is 0 Å². The number of nitrogens with zero attached hydrogens (tertiary/aromatic N) is 1. The minimum Gasteiger partial charge on any atom is -0.436 e. The Balaban J connectivity index is 1.54. The summed E-state index contributed by atoms with van der Waals surface area (Å²) in [6.45, 7) is 4.07. The molecule has 1 aromatic heterocycles. The minimum absolute atomic E-state index is 0.218. The third-order valence-corrected chi connectivity index (χ3v) is 5.60. The summed E-state index contributed by atoms with van der Waals surface area (Å²) in [7, 11) is 0. The highest BCUT2D eigenvalue weighted by atomic mass is 79.9. The Morgan fingerprint density at radius 1 is 1.13 bits per heavy atom. The predicted octanol–water partition coefficient (Wildman–Crippen LogP) is 6.25. The summed E-state index contributed by atoms with van der Waals surface area (Å²) in [5, 5.41) is 6.04. The number of rotatable bonds is 4. The number of hydrogen-bond acceptors (Lipinski definition) is 4. The maximum atomic E-state index is 12.4. The number of oxazole rings is 1. The van der Waals surface area contributed by atoms with Crippen LogP contribution in [-0.4, -0.2) is 16.0 Å². The fourth-order valence-electron chi connectivity index (χ4n) is 3.16. The monoisotopic (exact) mass is 493 g/mol. The molecule has 0 aliphatic carbocycles. The highest BCUT2D eigenvalue weighted by Crippen LogP contribution is 2.28. The molecule has 0 radical (unpaired) electrons. The van der Waals surface area contributed by atoms with Gasteiger partial charge in [0.2, 0.25) is 5.89 Å². The second kappa shape index (κ2) is 8.99. The van der Waals surface area contributed by atoms with Crippen molar-refractivity contribution in [1.29, 1.82) is 0 Å². The van der Waals surface area contributed by atoms with Crippen molar-refractivity contribution in [2.75, 3.05) is 5.32 Å². The van der Waals surface area contributed by atoms with Crippen molar-refractivity contribution in [3.63, 3.8) is 0 Å². The Labute approximate surface area is 194 Å². The number of hydrogen-bond donors (Lipinski definition) is 2. The number of aromatic nitrogens is 1. The highest BCUT2D eigenvalue weighted by molar-refractivity contribution is 9.10. The Bertz CT molecular complexity index is 1300. The molecule has 31 heavy (non-hydrogen) atoms. The average molecular weight is 494 g/mol. The van der Waals surface area contributed by atoms with Crippen molar-refractivity contribution in [3.05, 3.63) is 81.8 Å². The van der Waals surface area contributed by atoms with Gasteiger partial charge in [-0.3, -0.25) is 10.1 Å². The lowest BCUT2D eigenvalue weighted by molar-refractivity contribution is 0.0977. The van der Waals surface area contributed by atoms with Crippen LogP contribution in [0.5, 0.6) is 0 Å². The van der Waals surface area contributed by atoms with E-state index in [1.54, 1.807) is 18.2 Å². The first-order chi connectivity index (χ1) is 14.9. The molecule has 4 aromatic rings. The first-order valence-electron chi connectivity index (χ1n) is 9.81. The molecular formula is C24H20BrN3O2S. The smallest absolute Gasteiger partial charge is 0.257 e. The summed E-state index contributed by atoms with van der Waals surface area (Å²) >= 11 is 8.72. The van der Waals surface area contributed by atoms with Gasteiger partial charge >= 0.3 is 0 Å². The summed E-state index contributed by atoms with van der Waals surface area (Å²) in [4.78, 5) is 17.1. The molecule has 0 aliphatic rings. The topological polar surface area (TPSA) is 67.2 Å². The second-order valence-electron chi connectivity index (χ2n) is 7.12. The number of amides is 1. The number of benzene rings is 3. The van der Waals surface area contributed by atoms with Gasteiger partial charge < -0.3 is 9.73 Å². The van der Waals surface area contributed by atoms with Crippen LogP contribution < -0.4 is 10.6 Å². The summed E-state index contributed by atoms with van der Waals surface area (Å²) in [5.74, 6) is 0.258. The van der Waals surface area contributed by atoms with Gasteiger partial charge in [-0.05, 0) is 79.2 Å². The Morgan fingerprint density at radius 3 is 2.74 bits per heavy atom. The molecule has 0 saturated carbocycles. The summed E-state index contributed by atoms with van der Waals surface area (Å²) in [6.07, 6.45) is 0.944. The molecular weight excluding hydrogens is 474 g/mol. The van der Waals surface area contributed by atoms with E-state index in [2.05, 4.69) is 38.5 Å². The van der Waals surface area contributed by atoms with Crippen LogP contribution in [0.2, 0.25) is 0 Å². The van der Waals surface area contributed by atoms with Crippen molar-refractivity contribution in [3.8, 4) is 11.5 Å². The van der Waals surface area contributed by atoms with Crippen LogP contribution in [0.3, 0.4) is 0 Å². The zero-order chi connectivity index (χ0) is 22.0. The quantitative estimate of drug-likeness (QED) is 0.328. The van der Waals surface area contributed by atoms with E-state index in [0.29, 0.717) is 11.5 Å².